The maximum absolute atomic E-state index is 17.1. The molecule has 1 saturated heterocycles. The minimum atomic E-state index is -0.742. The van der Waals surface area contributed by atoms with Crippen molar-refractivity contribution in [3.05, 3.63) is 96.1 Å². The maximum Gasteiger partial charge on any atom is 0.407 e. The Morgan fingerprint density at radius 2 is 1.64 bits per heavy atom. The molecule has 6 aromatic rings. The fourth-order valence-corrected chi connectivity index (χ4v) is 11.7. The first-order valence-electron chi connectivity index (χ1n) is 26.8. The lowest BCUT2D eigenvalue weighted by molar-refractivity contribution is -0.138. The molecular formula is C58H74FN9O7. The number of carbonyl (C=O) groups excluding carboxylic acids is 3. The lowest BCUT2D eigenvalue weighted by Gasteiger charge is -2.36. The SMILES string of the molecule is CCCCCC(c1ncc(-c2cc(F)c3c(c2)OC(Cc2cccc(OC)c2)n2c-3cc3cc(-c4cnc(C5CC6CCCCC6N5C(=O)C(NC(=O)OC)C(C)C)[nH]4)ccc32)[nH]1)N(C)CC(NC(=O)OC)C(C)C. The molecule has 5 heterocycles. The molecule has 9 rings (SSSR count). The van der Waals surface area contributed by atoms with E-state index in [1.54, 1.807) is 19.4 Å². The number of unbranched alkanes of at least 4 members (excludes halogenated alkanes) is 2. The van der Waals surface area contributed by atoms with Crippen LogP contribution in [-0.4, -0.2) is 105 Å². The molecule has 3 aromatic carbocycles. The minimum Gasteiger partial charge on any atom is -0.497 e. The molecule has 3 aromatic heterocycles. The molecule has 1 aliphatic carbocycles. The highest BCUT2D eigenvalue weighted by molar-refractivity contribution is 5.92. The van der Waals surface area contributed by atoms with E-state index in [2.05, 4.69) is 63.0 Å². The van der Waals surface area contributed by atoms with Crippen LogP contribution in [0.2, 0.25) is 0 Å². The number of H-pyrrole nitrogens is 2. The Morgan fingerprint density at radius 1 is 0.880 bits per heavy atom. The van der Waals surface area contributed by atoms with Gasteiger partial charge < -0.3 is 49.0 Å². The van der Waals surface area contributed by atoms with Crippen molar-refractivity contribution in [2.75, 3.05) is 34.9 Å². The maximum atomic E-state index is 17.1. The molecular weight excluding hydrogens is 954 g/mol. The number of fused-ring (bicyclic) bond motifs is 6. The first-order valence-corrected chi connectivity index (χ1v) is 26.8. The van der Waals surface area contributed by atoms with Crippen LogP contribution < -0.4 is 20.1 Å². The molecule has 3 aliphatic rings. The van der Waals surface area contributed by atoms with Crippen molar-refractivity contribution in [1.82, 2.24) is 44.9 Å². The van der Waals surface area contributed by atoms with E-state index >= 15 is 4.39 Å². The number of hydrogen-bond donors (Lipinski definition) is 4. The summed E-state index contributed by atoms with van der Waals surface area (Å²) in [5, 5.41) is 6.70. The quantitative estimate of drug-likeness (QED) is 0.0570. The Balaban J connectivity index is 1.05. The molecule has 17 heteroatoms. The summed E-state index contributed by atoms with van der Waals surface area (Å²) >= 11 is 0. The Morgan fingerprint density at radius 3 is 2.39 bits per heavy atom. The van der Waals surface area contributed by atoms with Gasteiger partial charge in [0, 0.05) is 41.6 Å². The number of nitrogens with zero attached hydrogens (tertiary/aromatic N) is 5. The lowest BCUT2D eigenvalue weighted by atomic mass is 9.84. The second-order valence-corrected chi connectivity index (χ2v) is 21.4. The number of nitrogens with one attached hydrogen (secondary N) is 4. The number of rotatable bonds is 19. The molecule has 7 unspecified atom stereocenters. The number of halogens is 1. The number of hydrogen-bond acceptors (Lipinski definition) is 10. The van der Waals surface area contributed by atoms with Gasteiger partial charge >= 0.3 is 12.2 Å². The lowest BCUT2D eigenvalue weighted by Crippen LogP contribution is -2.53. The van der Waals surface area contributed by atoms with Gasteiger partial charge in [0.15, 0.2) is 6.23 Å². The van der Waals surface area contributed by atoms with Crippen LogP contribution in [0.5, 0.6) is 11.5 Å². The van der Waals surface area contributed by atoms with Gasteiger partial charge in [0.05, 0.1) is 74.0 Å². The monoisotopic (exact) mass is 1030 g/mol. The minimum absolute atomic E-state index is 0.0600. The van der Waals surface area contributed by atoms with Gasteiger partial charge in [0.25, 0.3) is 0 Å². The normalized spacial score (nSPS) is 19.3. The average molecular weight is 1030 g/mol. The van der Waals surface area contributed by atoms with Crippen LogP contribution in [0.15, 0.2) is 73.1 Å². The molecule has 2 aliphatic heterocycles. The van der Waals surface area contributed by atoms with Gasteiger partial charge in [-0.1, -0.05) is 84.9 Å². The number of aromatic nitrogens is 5. The topological polar surface area (TPSA) is 181 Å². The molecule has 400 valence electrons. The van der Waals surface area contributed by atoms with E-state index in [1.165, 1.54) is 14.2 Å². The van der Waals surface area contributed by atoms with Gasteiger partial charge in [-0.05, 0) is 98.5 Å². The Bertz CT molecular complexity index is 2980. The number of aromatic amines is 2. The molecule has 7 atom stereocenters. The standard InChI is InChI=1S/C58H74FN9O7/c1-10-11-12-20-47(66(6)32-44(33(2)3)64-57(70)73-8)54-60-31-43(63-54)38-26-41(59)52-48-28-39-25-36(21-22-46(39)67(48)51(75-50(52)29-38)24-35-16-15-18-40(23-35)72-7)42-30-61-55(62-42)49-27-37-17-13-14-19-45(37)68(49)56(69)53(34(4)5)65-58(71)74-9/h15-16,18,21-23,25-26,28-31,33-34,37,44-45,47,49,51,53H,10-14,17,19-20,24,27,32H2,1-9H3,(H,60,63)(H,61,62)(H,64,70)(H,65,71). The molecule has 0 spiro atoms. The van der Waals surface area contributed by atoms with E-state index in [1.807, 2.05) is 74.5 Å². The Hall–Kier alpha value is -6.88. The Labute approximate surface area is 439 Å². The highest BCUT2D eigenvalue weighted by Gasteiger charge is 2.48. The van der Waals surface area contributed by atoms with Crippen molar-refractivity contribution < 1.29 is 37.7 Å². The molecule has 75 heavy (non-hydrogen) atoms. The van der Waals surface area contributed by atoms with Crippen molar-refractivity contribution in [1.29, 1.82) is 0 Å². The first-order chi connectivity index (χ1) is 36.2. The highest BCUT2D eigenvalue weighted by atomic mass is 19.1. The predicted octanol–water partition coefficient (Wildman–Crippen LogP) is 11.5. The average Bonchev–Trinajstić information content (AvgIpc) is 4.25. The van der Waals surface area contributed by atoms with Crippen LogP contribution in [0.1, 0.15) is 128 Å². The zero-order valence-corrected chi connectivity index (χ0v) is 44.9. The van der Waals surface area contributed by atoms with Crippen LogP contribution in [0.4, 0.5) is 14.0 Å². The summed E-state index contributed by atoms with van der Waals surface area (Å²) in [5.41, 5.74) is 5.88. The summed E-state index contributed by atoms with van der Waals surface area (Å²) in [6.07, 6.45) is 11.3. The third-order valence-corrected chi connectivity index (χ3v) is 15.8. The van der Waals surface area contributed by atoms with Gasteiger partial charge in [-0.2, -0.15) is 0 Å². The van der Waals surface area contributed by atoms with Crippen LogP contribution in [0, 0.1) is 23.6 Å². The van der Waals surface area contributed by atoms with Crippen LogP contribution in [-0.2, 0) is 20.7 Å². The van der Waals surface area contributed by atoms with Crippen molar-refractivity contribution >= 4 is 29.0 Å². The summed E-state index contributed by atoms with van der Waals surface area (Å²) in [7, 11) is 6.38. The van der Waals surface area contributed by atoms with Crippen molar-refractivity contribution in [3.63, 3.8) is 0 Å². The van der Waals surface area contributed by atoms with E-state index in [-0.39, 0.29) is 41.9 Å². The van der Waals surface area contributed by atoms with Crippen molar-refractivity contribution in [2.24, 2.45) is 17.8 Å². The summed E-state index contributed by atoms with van der Waals surface area (Å²) < 4.78 is 41.6. The number of likely N-dealkylation sites (tertiary alicyclic amines) is 1. The van der Waals surface area contributed by atoms with Crippen molar-refractivity contribution in [3.8, 4) is 45.3 Å². The largest absolute Gasteiger partial charge is 0.497 e. The first kappa shape index (κ1) is 53.0. The number of alkyl carbamates (subject to hydrolysis) is 2. The van der Waals surface area contributed by atoms with Gasteiger partial charge in [-0.25, -0.2) is 23.9 Å². The molecule has 16 nitrogen and oxygen atoms in total. The number of carbonyl (C=O) groups is 3. The van der Waals surface area contributed by atoms with E-state index < -0.39 is 30.3 Å². The molecule has 1 saturated carbocycles. The van der Waals surface area contributed by atoms with Crippen molar-refractivity contribution in [2.45, 2.75) is 135 Å². The zero-order valence-electron chi connectivity index (χ0n) is 44.9. The third kappa shape index (κ3) is 11.1. The van der Waals surface area contributed by atoms with E-state index in [0.29, 0.717) is 53.0 Å². The second kappa shape index (κ2) is 22.9. The molecule has 0 radical (unpaired) electrons. The molecule has 4 N–H and O–H groups in total. The van der Waals surface area contributed by atoms with Gasteiger partial charge in [0.1, 0.15) is 35.0 Å². The third-order valence-electron chi connectivity index (χ3n) is 15.8. The van der Waals surface area contributed by atoms with Gasteiger partial charge in [-0.15, -0.1) is 0 Å². The summed E-state index contributed by atoms with van der Waals surface area (Å²) in [5.74, 6) is 2.42. The van der Waals surface area contributed by atoms with Gasteiger partial charge in [-0.3, -0.25) is 9.69 Å². The molecule has 0 bridgehead atoms. The highest BCUT2D eigenvalue weighted by Crippen LogP contribution is 2.49. The molecule has 2 fully saturated rings. The van der Waals surface area contributed by atoms with Gasteiger partial charge in [0.2, 0.25) is 5.91 Å². The number of benzene rings is 3. The number of methoxy groups -OCH3 is 3. The number of amides is 3. The van der Waals surface area contributed by atoms with E-state index in [9.17, 15) is 14.4 Å². The fraction of sp³-hybridized carbons (Fsp3) is 0.500. The smallest absolute Gasteiger partial charge is 0.407 e. The van der Waals surface area contributed by atoms with E-state index in [0.717, 1.165) is 97.1 Å². The number of likely N-dealkylation sites (N-methyl/N-ethyl adjacent to an activating group) is 1. The predicted molar refractivity (Wildman–Crippen MR) is 287 cm³/mol. The second-order valence-electron chi connectivity index (χ2n) is 21.4. The summed E-state index contributed by atoms with van der Waals surface area (Å²) in [6, 6.07) is 18.4. The van der Waals surface area contributed by atoms with Crippen LogP contribution >= 0.6 is 0 Å². The summed E-state index contributed by atoms with van der Waals surface area (Å²) in [4.78, 5) is 60.4. The summed E-state index contributed by atoms with van der Waals surface area (Å²) in [6.45, 7) is 10.8. The van der Waals surface area contributed by atoms with E-state index in [4.69, 9.17) is 28.9 Å². The molecule has 3 amide bonds. The number of imidazole rings is 2. The fourth-order valence-electron chi connectivity index (χ4n) is 11.7. The van der Waals surface area contributed by atoms with Crippen LogP contribution in [0.3, 0.4) is 0 Å². The number of ether oxygens (including phenoxy) is 4. The van der Waals surface area contributed by atoms with Crippen LogP contribution in [0.25, 0.3) is 44.7 Å². The zero-order chi connectivity index (χ0) is 53.1. The Kier molecular flexibility index (Phi) is 16.2.